The van der Waals surface area contributed by atoms with Gasteiger partial charge in [-0.15, -0.1) is 0 Å². The number of rotatable bonds is 8. The Balaban J connectivity index is 1.82. The summed E-state index contributed by atoms with van der Waals surface area (Å²) in [6.45, 7) is 2.74. The lowest BCUT2D eigenvalue weighted by Gasteiger charge is -2.09. The summed E-state index contributed by atoms with van der Waals surface area (Å²) in [5.74, 6) is -1.16. The number of aryl methyl sites for hydroxylation is 1. The van der Waals surface area contributed by atoms with E-state index in [9.17, 15) is 14.4 Å². The van der Waals surface area contributed by atoms with E-state index in [0.717, 1.165) is 16.7 Å². The average Bonchev–Trinajstić information content (AvgIpc) is 2.65. The Kier molecular flexibility index (Phi) is 7.37. The summed E-state index contributed by atoms with van der Waals surface area (Å²) >= 11 is 0. The molecule has 0 saturated heterocycles. The van der Waals surface area contributed by atoms with Gasteiger partial charge in [0.2, 0.25) is 0 Å². The van der Waals surface area contributed by atoms with Crippen molar-refractivity contribution in [2.45, 2.75) is 26.4 Å². The monoisotopic (exact) mass is 369 g/mol. The highest BCUT2D eigenvalue weighted by Crippen LogP contribution is 2.07. The van der Waals surface area contributed by atoms with Crippen LogP contribution in [0.15, 0.2) is 48.5 Å². The molecule has 0 aliphatic rings. The summed E-state index contributed by atoms with van der Waals surface area (Å²) in [5.41, 5.74) is 3.46. The third kappa shape index (κ3) is 7.19. The predicted octanol–water partition coefficient (Wildman–Crippen LogP) is 2.20. The van der Waals surface area contributed by atoms with Gasteiger partial charge in [-0.3, -0.25) is 9.59 Å². The molecule has 0 aliphatic carbocycles. The summed E-state index contributed by atoms with van der Waals surface area (Å²) in [6, 6.07) is 14.4. The number of carbonyl (C=O) groups excluding carboxylic acids is 2. The predicted molar refractivity (Wildman–Crippen MR) is 101 cm³/mol. The van der Waals surface area contributed by atoms with Crippen LogP contribution in [0.1, 0.15) is 33.5 Å². The number of carboxylic acid groups (broad SMARTS) is 1. The lowest BCUT2D eigenvalue weighted by atomic mass is 10.1. The molecule has 2 aromatic carbocycles. The van der Waals surface area contributed by atoms with Crippen molar-refractivity contribution in [2.75, 3.05) is 6.54 Å². The summed E-state index contributed by atoms with van der Waals surface area (Å²) in [7, 11) is 0. The standard InChI is InChI=1S/C20H23N3O4/c1-14-5-7-15(8-6-14)12-22-19(26)17-4-2-3-16(11-17)13-23-20(27)21-10-9-18(24)25/h2-8,11H,9-10,12-13H2,1H3,(H,22,26)(H,24,25)(H2,21,23,27). The van der Waals surface area contributed by atoms with Crippen molar-refractivity contribution in [3.63, 3.8) is 0 Å². The molecule has 2 aromatic rings. The number of hydrogen-bond acceptors (Lipinski definition) is 3. The van der Waals surface area contributed by atoms with Crippen LogP contribution < -0.4 is 16.0 Å². The van der Waals surface area contributed by atoms with Gasteiger partial charge >= 0.3 is 12.0 Å². The third-order valence-electron chi connectivity index (χ3n) is 3.84. The molecule has 2 rings (SSSR count). The van der Waals surface area contributed by atoms with Gasteiger partial charge in [0.25, 0.3) is 5.91 Å². The maximum absolute atomic E-state index is 12.3. The van der Waals surface area contributed by atoms with Crippen LogP contribution in [0, 0.1) is 6.92 Å². The molecule has 4 N–H and O–H groups in total. The molecular weight excluding hydrogens is 346 g/mol. The second kappa shape index (κ2) is 9.96. The Morgan fingerprint density at radius 2 is 1.59 bits per heavy atom. The number of carbonyl (C=O) groups is 3. The van der Waals surface area contributed by atoms with Crippen molar-refractivity contribution in [2.24, 2.45) is 0 Å². The zero-order chi connectivity index (χ0) is 19.6. The van der Waals surface area contributed by atoms with Crippen LogP contribution in [0.3, 0.4) is 0 Å². The molecule has 27 heavy (non-hydrogen) atoms. The maximum Gasteiger partial charge on any atom is 0.315 e. The van der Waals surface area contributed by atoms with Crippen LogP contribution in [0.5, 0.6) is 0 Å². The molecule has 0 aliphatic heterocycles. The first-order chi connectivity index (χ1) is 12.9. The molecule has 0 saturated carbocycles. The van der Waals surface area contributed by atoms with Crippen LogP contribution in [0.4, 0.5) is 4.79 Å². The first kappa shape index (κ1) is 20.0. The minimum Gasteiger partial charge on any atom is -0.481 e. The van der Waals surface area contributed by atoms with E-state index in [4.69, 9.17) is 5.11 Å². The number of hydrogen-bond donors (Lipinski definition) is 4. The fourth-order valence-electron chi connectivity index (χ4n) is 2.34. The number of amides is 3. The summed E-state index contributed by atoms with van der Waals surface area (Å²) < 4.78 is 0. The summed E-state index contributed by atoms with van der Waals surface area (Å²) in [6.07, 6.45) is -0.135. The molecule has 0 aromatic heterocycles. The van der Waals surface area contributed by atoms with Crippen molar-refractivity contribution in [3.8, 4) is 0 Å². The molecule has 0 heterocycles. The zero-order valence-electron chi connectivity index (χ0n) is 15.1. The van der Waals surface area contributed by atoms with Crippen LogP contribution in [0.25, 0.3) is 0 Å². The Labute approximate surface area is 157 Å². The van der Waals surface area contributed by atoms with E-state index in [0.29, 0.717) is 12.1 Å². The molecule has 7 heteroatoms. The van der Waals surface area contributed by atoms with Crippen LogP contribution >= 0.6 is 0 Å². The Bertz CT molecular complexity index is 803. The Morgan fingerprint density at radius 3 is 2.30 bits per heavy atom. The van der Waals surface area contributed by atoms with E-state index in [1.807, 2.05) is 31.2 Å². The van der Waals surface area contributed by atoms with E-state index in [1.165, 1.54) is 0 Å². The normalized spacial score (nSPS) is 10.1. The van der Waals surface area contributed by atoms with Crippen LogP contribution in [-0.4, -0.2) is 29.6 Å². The van der Waals surface area contributed by atoms with Crippen molar-refractivity contribution in [3.05, 3.63) is 70.8 Å². The van der Waals surface area contributed by atoms with E-state index in [2.05, 4.69) is 16.0 Å². The lowest BCUT2D eigenvalue weighted by Crippen LogP contribution is -2.36. The quantitative estimate of drug-likeness (QED) is 0.572. The highest BCUT2D eigenvalue weighted by molar-refractivity contribution is 5.94. The van der Waals surface area contributed by atoms with Gasteiger partial charge in [-0.25, -0.2) is 4.79 Å². The minimum absolute atomic E-state index is 0.0582. The van der Waals surface area contributed by atoms with Gasteiger partial charge < -0.3 is 21.1 Å². The minimum atomic E-state index is -0.973. The smallest absolute Gasteiger partial charge is 0.315 e. The van der Waals surface area contributed by atoms with Gasteiger partial charge in [0.05, 0.1) is 6.42 Å². The fourth-order valence-corrected chi connectivity index (χ4v) is 2.34. The van der Waals surface area contributed by atoms with Crippen molar-refractivity contribution in [1.82, 2.24) is 16.0 Å². The molecule has 0 radical (unpaired) electrons. The van der Waals surface area contributed by atoms with Gasteiger partial charge in [0.15, 0.2) is 0 Å². The number of benzene rings is 2. The van der Waals surface area contributed by atoms with Crippen molar-refractivity contribution >= 4 is 17.9 Å². The average molecular weight is 369 g/mol. The fraction of sp³-hybridized carbons (Fsp3) is 0.250. The Hall–Kier alpha value is -3.35. The first-order valence-corrected chi connectivity index (χ1v) is 8.60. The van der Waals surface area contributed by atoms with E-state index >= 15 is 0 Å². The zero-order valence-corrected chi connectivity index (χ0v) is 15.1. The van der Waals surface area contributed by atoms with E-state index in [-0.39, 0.29) is 25.4 Å². The molecule has 0 spiro atoms. The van der Waals surface area contributed by atoms with Crippen molar-refractivity contribution in [1.29, 1.82) is 0 Å². The summed E-state index contributed by atoms with van der Waals surface area (Å²) in [5, 5.41) is 16.5. The molecule has 0 atom stereocenters. The van der Waals surface area contributed by atoms with Crippen LogP contribution in [-0.2, 0) is 17.9 Å². The molecule has 0 unspecified atom stereocenters. The number of carboxylic acids is 1. The van der Waals surface area contributed by atoms with Gasteiger partial charge in [-0.05, 0) is 30.2 Å². The van der Waals surface area contributed by atoms with Gasteiger partial charge in [0, 0.05) is 25.2 Å². The third-order valence-corrected chi connectivity index (χ3v) is 3.84. The molecule has 7 nitrogen and oxygen atoms in total. The van der Waals surface area contributed by atoms with Gasteiger partial charge in [-0.2, -0.15) is 0 Å². The maximum atomic E-state index is 12.3. The largest absolute Gasteiger partial charge is 0.481 e. The molecule has 142 valence electrons. The molecule has 3 amide bonds. The molecular formula is C20H23N3O4. The molecule has 0 fully saturated rings. The van der Waals surface area contributed by atoms with Gasteiger partial charge in [-0.1, -0.05) is 42.0 Å². The highest BCUT2D eigenvalue weighted by atomic mass is 16.4. The van der Waals surface area contributed by atoms with Crippen molar-refractivity contribution < 1.29 is 19.5 Å². The lowest BCUT2D eigenvalue weighted by molar-refractivity contribution is -0.136. The second-order valence-corrected chi connectivity index (χ2v) is 6.12. The Morgan fingerprint density at radius 1 is 0.889 bits per heavy atom. The second-order valence-electron chi connectivity index (χ2n) is 6.12. The first-order valence-electron chi connectivity index (χ1n) is 8.60. The molecule has 0 bridgehead atoms. The van der Waals surface area contributed by atoms with Gasteiger partial charge in [0.1, 0.15) is 0 Å². The summed E-state index contributed by atoms with van der Waals surface area (Å²) in [4.78, 5) is 34.3. The van der Waals surface area contributed by atoms with Crippen LogP contribution in [0.2, 0.25) is 0 Å². The van der Waals surface area contributed by atoms with E-state index in [1.54, 1.807) is 24.3 Å². The number of nitrogens with one attached hydrogen (secondary N) is 3. The topological polar surface area (TPSA) is 108 Å². The highest BCUT2D eigenvalue weighted by Gasteiger charge is 2.07. The van der Waals surface area contributed by atoms with E-state index < -0.39 is 12.0 Å². The number of aliphatic carboxylic acids is 1. The number of urea groups is 1. The SMILES string of the molecule is Cc1ccc(CNC(=O)c2cccc(CNC(=O)NCCC(=O)O)c2)cc1.